The van der Waals surface area contributed by atoms with Crippen LogP contribution in [0.4, 0.5) is 0 Å². The first-order valence-electron chi connectivity index (χ1n) is 8.81. The predicted molar refractivity (Wildman–Crippen MR) is 102 cm³/mol. The molecule has 0 aliphatic carbocycles. The Labute approximate surface area is 154 Å². The van der Waals surface area contributed by atoms with E-state index < -0.39 is 0 Å². The lowest BCUT2D eigenvalue weighted by molar-refractivity contribution is 0.0950. The molecule has 1 aromatic heterocycles. The second kappa shape index (κ2) is 8.12. The molecule has 1 aliphatic rings. The van der Waals surface area contributed by atoms with Crippen LogP contribution in [-0.4, -0.2) is 64.0 Å². The Bertz CT molecular complexity index is 746. The third-order valence-corrected chi connectivity index (χ3v) is 4.91. The molecule has 0 bridgehead atoms. The van der Waals surface area contributed by atoms with Crippen LogP contribution in [0.1, 0.15) is 13.8 Å². The molecule has 25 heavy (non-hydrogen) atoms. The number of ether oxygens (including phenoxy) is 1. The smallest absolute Gasteiger partial charge is 0.203 e. The maximum atomic E-state index is 5.63. The Hall–Kier alpha value is -1.70. The van der Waals surface area contributed by atoms with Crippen LogP contribution in [0.3, 0.4) is 0 Å². The van der Waals surface area contributed by atoms with Gasteiger partial charge >= 0.3 is 0 Å². The maximum absolute atomic E-state index is 5.63. The second-order valence-electron chi connectivity index (χ2n) is 6.91. The van der Waals surface area contributed by atoms with Gasteiger partial charge in [0, 0.05) is 32.7 Å². The van der Waals surface area contributed by atoms with Crippen molar-refractivity contribution < 1.29 is 4.74 Å². The molecule has 0 radical (unpaired) electrons. The van der Waals surface area contributed by atoms with Crippen molar-refractivity contribution in [2.24, 2.45) is 5.92 Å². The zero-order valence-electron chi connectivity index (χ0n) is 15.3. The van der Waals surface area contributed by atoms with Crippen LogP contribution in [0.2, 0.25) is 0 Å². The van der Waals surface area contributed by atoms with Gasteiger partial charge < -0.3 is 9.64 Å². The Kier molecular flexibility index (Phi) is 5.88. The van der Waals surface area contributed by atoms with Crippen LogP contribution in [0.25, 0.3) is 5.69 Å². The molecule has 1 aromatic carbocycles. The van der Waals surface area contributed by atoms with Crippen LogP contribution in [0.5, 0.6) is 5.75 Å². The number of aromatic nitrogens is 3. The van der Waals surface area contributed by atoms with E-state index in [4.69, 9.17) is 17.0 Å². The van der Waals surface area contributed by atoms with Crippen LogP contribution < -0.4 is 4.74 Å². The van der Waals surface area contributed by atoms with Crippen LogP contribution >= 0.6 is 12.2 Å². The minimum atomic E-state index is 0.689. The zero-order chi connectivity index (χ0) is 17.8. The summed E-state index contributed by atoms with van der Waals surface area (Å²) in [5.74, 6) is 1.51. The van der Waals surface area contributed by atoms with E-state index in [1.807, 2.05) is 33.5 Å². The number of piperazine rings is 1. The van der Waals surface area contributed by atoms with Gasteiger partial charge in [-0.3, -0.25) is 9.47 Å². The average Bonchev–Trinajstić information content (AvgIpc) is 2.96. The molecule has 2 aromatic rings. The SMILES string of the molecule is COc1ccccc1-n1cnn(CN2CCN(CC(C)C)CC2)c1=S. The molecule has 0 saturated carbocycles. The molecular weight excluding hydrogens is 334 g/mol. The third kappa shape index (κ3) is 4.29. The number of benzene rings is 1. The number of rotatable bonds is 6. The molecule has 2 heterocycles. The molecule has 1 fully saturated rings. The molecule has 3 rings (SSSR count). The number of para-hydroxylation sites is 2. The van der Waals surface area contributed by atoms with Gasteiger partial charge in [0.25, 0.3) is 0 Å². The van der Waals surface area contributed by atoms with Gasteiger partial charge in [-0.2, -0.15) is 5.10 Å². The van der Waals surface area contributed by atoms with Gasteiger partial charge in [0.1, 0.15) is 12.1 Å². The standard InChI is InChI=1S/C18H27N5OS/c1-15(2)12-20-8-10-21(11-9-20)14-23-18(25)22(13-19-23)16-6-4-5-7-17(16)24-3/h4-7,13,15H,8-12,14H2,1-3H3. The Morgan fingerprint density at radius 3 is 2.48 bits per heavy atom. The topological polar surface area (TPSA) is 38.5 Å². The lowest BCUT2D eigenvalue weighted by Gasteiger charge is -2.35. The van der Waals surface area contributed by atoms with E-state index in [0.29, 0.717) is 4.77 Å². The molecule has 136 valence electrons. The fourth-order valence-corrected chi connectivity index (χ4v) is 3.50. The van der Waals surface area contributed by atoms with Crippen molar-refractivity contribution in [2.75, 3.05) is 39.8 Å². The van der Waals surface area contributed by atoms with E-state index in [2.05, 4.69) is 28.7 Å². The van der Waals surface area contributed by atoms with Crippen molar-refractivity contribution in [3.63, 3.8) is 0 Å². The van der Waals surface area contributed by atoms with Crippen molar-refractivity contribution >= 4 is 12.2 Å². The highest BCUT2D eigenvalue weighted by molar-refractivity contribution is 7.71. The fourth-order valence-electron chi connectivity index (χ4n) is 3.25. The first-order chi connectivity index (χ1) is 12.1. The first kappa shape index (κ1) is 18.1. The third-order valence-electron chi connectivity index (χ3n) is 4.50. The van der Waals surface area contributed by atoms with Crippen molar-refractivity contribution in [3.8, 4) is 11.4 Å². The second-order valence-corrected chi connectivity index (χ2v) is 7.27. The monoisotopic (exact) mass is 361 g/mol. The molecule has 7 heteroatoms. The van der Waals surface area contributed by atoms with Gasteiger partial charge in [-0.25, -0.2) is 4.68 Å². The van der Waals surface area contributed by atoms with Crippen LogP contribution in [-0.2, 0) is 6.67 Å². The molecule has 0 unspecified atom stereocenters. The molecule has 1 saturated heterocycles. The summed E-state index contributed by atoms with van der Waals surface area (Å²) in [6.45, 7) is 10.8. The van der Waals surface area contributed by atoms with Crippen LogP contribution in [0, 0.1) is 10.7 Å². The summed E-state index contributed by atoms with van der Waals surface area (Å²) < 4.78 is 9.92. The molecule has 6 nitrogen and oxygen atoms in total. The molecule has 0 N–H and O–H groups in total. The van der Waals surface area contributed by atoms with Gasteiger partial charge in [-0.15, -0.1) is 0 Å². The highest BCUT2D eigenvalue weighted by Crippen LogP contribution is 2.22. The summed E-state index contributed by atoms with van der Waals surface area (Å²) in [6, 6.07) is 7.85. The number of hydrogen-bond acceptors (Lipinski definition) is 5. The van der Waals surface area contributed by atoms with Gasteiger partial charge in [0.05, 0.1) is 19.5 Å². The van der Waals surface area contributed by atoms with Gasteiger partial charge in [0.2, 0.25) is 4.77 Å². The number of hydrogen-bond donors (Lipinski definition) is 0. The first-order valence-corrected chi connectivity index (χ1v) is 9.22. The van der Waals surface area contributed by atoms with Crippen LogP contribution in [0.15, 0.2) is 30.6 Å². The molecule has 0 amide bonds. The summed E-state index contributed by atoms with van der Waals surface area (Å²) >= 11 is 5.63. The van der Waals surface area contributed by atoms with Crippen molar-refractivity contribution in [1.82, 2.24) is 24.1 Å². The molecule has 0 atom stereocenters. The Morgan fingerprint density at radius 2 is 1.80 bits per heavy atom. The van der Waals surface area contributed by atoms with Crippen molar-refractivity contribution in [2.45, 2.75) is 20.5 Å². The molecule has 1 aliphatic heterocycles. The largest absolute Gasteiger partial charge is 0.495 e. The molecule has 0 spiro atoms. The summed E-state index contributed by atoms with van der Waals surface area (Å²) in [7, 11) is 1.67. The summed E-state index contributed by atoms with van der Waals surface area (Å²) in [4.78, 5) is 4.94. The van der Waals surface area contributed by atoms with E-state index in [9.17, 15) is 0 Å². The van der Waals surface area contributed by atoms with Gasteiger partial charge in [-0.1, -0.05) is 26.0 Å². The Balaban J connectivity index is 1.68. The predicted octanol–water partition coefficient (Wildman–Crippen LogP) is 2.64. The summed E-state index contributed by atoms with van der Waals surface area (Å²) in [6.07, 6.45) is 1.77. The van der Waals surface area contributed by atoms with Gasteiger partial charge in [-0.05, 0) is 30.3 Å². The van der Waals surface area contributed by atoms with E-state index in [-0.39, 0.29) is 0 Å². The quantitative estimate of drug-likeness (QED) is 0.740. The minimum absolute atomic E-state index is 0.689. The zero-order valence-corrected chi connectivity index (χ0v) is 16.1. The average molecular weight is 362 g/mol. The van der Waals surface area contributed by atoms with E-state index in [0.717, 1.165) is 50.2 Å². The highest BCUT2D eigenvalue weighted by atomic mass is 32.1. The number of methoxy groups -OCH3 is 1. The lowest BCUT2D eigenvalue weighted by Crippen LogP contribution is -2.47. The normalized spacial score (nSPS) is 16.5. The number of nitrogens with zero attached hydrogens (tertiary/aromatic N) is 5. The van der Waals surface area contributed by atoms with Crippen molar-refractivity contribution in [3.05, 3.63) is 35.4 Å². The van der Waals surface area contributed by atoms with E-state index in [1.54, 1.807) is 13.4 Å². The van der Waals surface area contributed by atoms with E-state index >= 15 is 0 Å². The van der Waals surface area contributed by atoms with Crippen molar-refractivity contribution in [1.29, 1.82) is 0 Å². The highest BCUT2D eigenvalue weighted by Gasteiger charge is 2.18. The summed E-state index contributed by atoms with van der Waals surface area (Å²) in [5, 5.41) is 4.49. The van der Waals surface area contributed by atoms with E-state index in [1.165, 1.54) is 6.54 Å². The summed E-state index contributed by atoms with van der Waals surface area (Å²) in [5.41, 5.74) is 0.919. The Morgan fingerprint density at radius 1 is 1.12 bits per heavy atom. The lowest BCUT2D eigenvalue weighted by atomic mass is 10.2. The maximum Gasteiger partial charge on any atom is 0.203 e. The fraction of sp³-hybridized carbons (Fsp3) is 0.556. The molecular formula is C18H27N5OS. The minimum Gasteiger partial charge on any atom is -0.495 e. The van der Waals surface area contributed by atoms with Gasteiger partial charge in [0.15, 0.2) is 0 Å².